The summed E-state index contributed by atoms with van der Waals surface area (Å²) in [5.74, 6) is 0.215. The van der Waals surface area contributed by atoms with Crippen molar-refractivity contribution in [2.75, 3.05) is 5.32 Å². The SMILES string of the molecule is Cc1cc(CC(C)NC(=O)Nc2nc3ccc(Cl)cn3n2)n[nH]1. The van der Waals surface area contributed by atoms with Crippen molar-refractivity contribution in [1.29, 1.82) is 0 Å². The van der Waals surface area contributed by atoms with Gasteiger partial charge in [0.1, 0.15) is 0 Å². The molecular weight excluding hydrogens is 318 g/mol. The third-order valence-corrected chi connectivity index (χ3v) is 3.40. The molecule has 3 aromatic heterocycles. The minimum atomic E-state index is -0.369. The van der Waals surface area contributed by atoms with Crippen molar-refractivity contribution in [2.24, 2.45) is 0 Å². The molecule has 0 radical (unpaired) electrons. The molecule has 0 fully saturated rings. The molecule has 1 unspecified atom stereocenters. The highest BCUT2D eigenvalue weighted by Gasteiger charge is 2.12. The van der Waals surface area contributed by atoms with E-state index in [9.17, 15) is 4.79 Å². The van der Waals surface area contributed by atoms with Crippen LogP contribution >= 0.6 is 11.6 Å². The number of amides is 2. The van der Waals surface area contributed by atoms with Crippen molar-refractivity contribution < 1.29 is 4.79 Å². The van der Waals surface area contributed by atoms with Gasteiger partial charge < -0.3 is 5.32 Å². The number of anilines is 1. The topological polar surface area (TPSA) is 100 Å². The second-order valence-corrected chi connectivity index (χ2v) is 5.77. The Hall–Kier alpha value is -2.61. The van der Waals surface area contributed by atoms with Crippen molar-refractivity contribution in [3.05, 3.63) is 40.8 Å². The molecule has 3 aromatic rings. The Labute approximate surface area is 137 Å². The zero-order chi connectivity index (χ0) is 16.4. The lowest BCUT2D eigenvalue weighted by Crippen LogP contribution is -2.37. The Morgan fingerprint density at radius 1 is 1.48 bits per heavy atom. The second-order valence-electron chi connectivity index (χ2n) is 5.33. The molecule has 0 spiro atoms. The molecule has 0 aliphatic rings. The van der Waals surface area contributed by atoms with E-state index in [4.69, 9.17) is 11.6 Å². The number of hydrogen-bond acceptors (Lipinski definition) is 4. The number of hydrogen-bond donors (Lipinski definition) is 3. The Kier molecular flexibility index (Phi) is 4.16. The van der Waals surface area contributed by atoms with E-state index in [0.29, 0.717) is 17.1 Å². The fourth-order valence-corrected chi connectivity index (χ4v) is 2.37. The largest absolute Gasteiger partial charge is 0.335 e. The number of aromatic nitrogens is 5. The summed E-state index contributed by atoms with van der Waals surface area (Å²) in [6, 6.07) is 4.93. The van der Waals surface area contributed by atoms with Gasteiger partial charge in [-0.05, 0) is 32.0 Å². The van der Waals surface area contributed by atoms with Crippen LogP contribution in [-0.2, 0) is 6.42 Å². The zero-order valence-electron chi connectivity index (χ0n) is 12.7. The van der Waals surface area contributed by atoms with Crippen LogP contribution in [0.15, 0.2) is 24.4 Å². The van der Waals surface area contributed by atoms with Crippen LogP contribution in [0.25, 0.3) is 5.65 Å². The highest BCUT2D eigenvalue weighted by molar-refractivity contribution is 6.30. The number of pyridine rings is 1. The molecule has 0 saturated heterocycles. The van der Waals surface area contributed by atoms with Gasteiger partial charge in [0.2, 0.25) is 0 Å². The van der Waals surface area contributed by atoms with Crippen molar-refractivity contribution in [2.45, 2.75) is 26.3 Å². The molecule has 9 heteroatoms. The molecule has 3 N–H and O–H groups in total. The van der Waals surface area contributed by atoms with Gasteiger partial charge in [0.25, 0.3) is 5.95 Å². The maximum atomic E-state index is 12.0. The average molecular weight is 334 g/mol. The van der Waals surface area contributed by atoms with Gasteiger partial charge in [-0.1, -0.05) is 11.6 Å². The molecule has 0 aliphatic carbocycles. The van der Waals surface area contributed by atoms with Gasteiger partial charge in [-0.2, -0.15) is 10.1 Å². The highest BCUT2D eigenvalue weighted by atomic mass is 35.5. The number of nitrogens with zero attached hydrogens (tertiary/aromatic N) is 4. The first kappa shape index (κ1) is 15.3. The summed E-state index contributed by atoms with van der Waals surface area (Å²) in [5, 5.41) is 17.1. The minimum Gasteiger partial charge on any atom is -0.335 e. The molecule has 0 aromatic carbocycles. The molecule has 2 amide bonds. The number of carbonyl (C=O) groups excluding carboxylic acids is 1. The Balaban J connectivity index is 1.59. The smallest absolute Gasteiger partial charge is 0.321 e. The summed E-state index contributed by atoms with van der Waals surface area (Å²) in [6.07, 6.45) is 2.25. The third kappa shape index (κ3) is 3.78. The molecule has 23 heavy (non-hydrogen) atoms. The third-order valence-electron chi connectivity index (χ3n) is 3.17. The fraction of sp³-hybridized carbons (Fsp3) is 0.286. The van der Waals surface area contributed by atoms with Crippen LogP contribution in [0, 0.1) is 6.92 Å². The zero-order valence-corrected chi connectivity index (χ0v) is 13.4. The maximum absolute atomic E-state index is 12.0. The molecule has 0 saturated carbocycles. The van der Waals surface area contributed by atoms with E-state index in [1.54, 1.807) is 18.3 Å². The van der Waals surface area contributed by atoms with E-state index in [-0.39, 0.29) is 18.0 Å². The number of carbonyl (C=O) groups is 1. The maximum Gasteiger partial charge on any atom is 0.321 e. The summed E-state index contributed by atoms with van der Waals surface area (Å²) >= 11 is 5.88. The molecule has 8 nitrogen and oxygen atoms in total. The number of nitrogens with one attached hydrogen (secondary N) is 3. The van der Waals surface area contributed by atoms with E-state index < -0.39 is 0 Å². The van der Waals surface area contributed by atoms with Crippen molar-refractivity contribution in [3.8, 4) is 0 Å². The number of urea groups is 1. The number of H-pyrrole nitrogens is 1. The summed E-state index contributed by atoms with van der Waals surface area (Å²) in [4.78, 5) is 16.2. The fourth-order valence-electron chi connectivity index (χ4n) is 2.22. The molecule has 3 heterocycles. The van der Waals surface area contributed by atoms with Crippen LogP contribution < -0.4 is 10.6 Å². The predicted octanol–water partition coefficient (Wildman–Crippen LogP) is 2.17. The normalized spacial score (nSPS) is 12.3. The van der Waals surface area contributed by atoms with Gasteiger partial charge >= 0.3 is 6.03 Å². The van der Waals surface area contributed by atoms with E-state index in [1.165, 1.54) is 4.52 Å². The van der Waals surface area contributed by atoms with Gasteiger partial charge in [0, 0.05) is 24.4 Å². The Morgan fingerprint density at radius 3 is 3.04 bits per heavy atom. The van der Waals surface area contributed by atoms with Crippen LogP contribution in [0.1, 0.15) is 18.3 Å². The molecule has 3 rings (SSSR count). The molecule has 0 bridgehead atoms. The number of aryl methyl sites for hydroxylation is 1. The van der Waals surface area contributed by atoms with Crippen LogP contribution in [0.5, 0.6) is 0 Å². The monoisotopic (exact) mass is 333 g/mol. The Bertz CT molecular complexity index is 841. The average Bonchev–Trinajstić information content (AvgIpc) is 3.03. The van der Waals surface area contributed by atoms with Crippen LogP contribution in [0.3, 0.4) is 0 Å². The molecule has 0 aliphatic heterocycles. The van der Waals surface area contributed by atoms with E-state index in [0.717, 1.165) is 11.4 Å². The van der Waals surface area contributed by atoms with Gasteiger partial charge in [0.05, 0.1) is 10.7 Å². The van der Waals surface area contributed by atoms with E-state index in [1.807, 2.05) is 19.9 Å². The first-order valence-electron chi connectivity index (χ1n) is 7.10. The first-order valence-corrected chi connectivity index (χ1v) is 7.48. The van der Waals surface area contributed by atoms with Gasteiger partial charge in [-0.15, -0.1) is 5.10 Å². The van der Waals surface area contributed by atoms with E-state index in [2.05, 4.69) is 30.9 Å². The predicted molar refractivity (Wildman–Crippen MR) is 86.6 cm³/mol. The van der Waals surface area contributed by atoms with Crippen molar-refractivity contribution in [3.63, 3.8) is 0 Å². The lowest BCUT2D eigenvalue weighted by atomic mass is 10.2. The van der Waals surface area contributed by atoms with Gasteiger partial charge in [-0.3, -0.25) is 10.4 Å². The van der Waals surface area contributed by atoms with Crippen LogP contribution in [-0.4, -0.2) is 36.9 Å². The quantitative estimate of drug-likeness (QED) is 0.681. The molecule has 1 atom stereocenters. The lowest BCUT2D eigenvalue weighted by molar-refractivity contribution is 0.249. The summed E-state index contributed by atoms with van der Waals surface area (Å²) in [6.45, 7) is 3.84. The number of fused-ring (bicyclic) bond motifs is 1. The minimum absolute atomic E-state index is 0.0795. The number of rotatable bonds is 4. The molecular formula is C14H16ClN7O. The van der Waals surface area contributed by atoms with Crippen molar-refractivity contribution >= 4 is 29.2 Å². The summed E-state index contributed by atoms with van der Waals surface area (Å²) in [7, 11) is 0. The summed E-state index contributed by atoms with van der Waals surface area (Å²) in [5.41, 5.74) is 2.49. The van der Waals surface area contributed by atoms with Gasteiger partial charge in [-0.25, -0.2) is 9.31 Å². The number of aromatic amines is 1. The number of halogens is 1. The standard InChI is InChI=1S/C14H16ClN7O/c1-8(5-11-6-9(2)19-20-11)16-14(23)18-13-17-12-4-3-10(15)7-22(12)21-13/h3-4,6-8H,5H2,1-2H3,(H,19,20)(H2,16,18,21,23). The van der Waals surface area contributed by atoms with Crippen molar-refractivity contribution in [1.82, 2.24) is 30.1 Å². The summed E-state index contributed by atoms with van der Waals surface area (Å²) < 4.78 is 1.51. The Morgan fingerprint density at radius 2 is 2.30 bits per heavy atom. The highest BCUT2D eigenvalue weighted by Crippen LogP contribution is 2.11. The van der Waals surface area contributed by atoms with Gasteiger partial charge in [0.15, 0.2) is 5.65 Å². The van der Waals surface area contributed by atoms with E-state index >= 15 is 0 Å². The van der Waals surface area contributed by atoms with Crippen LogP contribution in [0.2, 0.25) is 5.02 Å². The van der Waals surface area contributed by atoms with Crippen LogP contribution in [0.4, 0.5) is 10.7 Å². The molecule has 120 valence electrons. The lowest BCUT2D eigenvalue weighted by Gasteiger charge is -2.11. The second kappa shape index (κ2) is 6.25. The first-order chi connectivity index (χ1) is 11.0.